The predicted octanol–water partition coefficient (Wildman–Crippen LogP) is 4.80. The topological polar surface area (TPSA) is 79.0 Å². The van der Waals surface area contributed by atoms with Crippen LogP contribution in [0.2, 0.25) is 0 Å². The second-order valence-electron chi connectivity index (χ2n) is 5.94. The molecule has 1 aliphatic heterocycles. The summed E-state index contributed by atoms with van der Waals surface area (Å²) in [5.74, 6) is 0.103. The van der Waals surface area contributed by atoms with Gasteiger partial charge in [0.1, 0.15) is 11.4 Å². The van der Waals surface area contributed by atoms with Crippen molar-refractivity contribution in [1.82, 2.24) is 0 Å². The molecule has 0 aliphatic carbocycles. The molecule has 0 saturated carbocycles. The Kier molecular flexibility index (Phi) is 5.33. The summed E-state index contributed by atoms with van der Waals surface area (Å²) in [5, 5.41) is 21.3. The molecular weight excluding hydrogens is 386 g/mol. The Labute approximate surface area is 154 Å². The van der Waals surface area contributed by atoms with E-state index < -0.39 is 0 Å². The maximum atomic E-state index is 11.5. The summed E-state index contributed by atoms with van der Waals surface area (Å²) >= 11 is 3.34. The van der Waals surface area contributed by atoms with Gasteiger partial charge in [-0.2, -0.15) is 0 Å². The Balaban J connectivity index is 1.90. The third-order valence-corrected chi connectivity index (χ3v) is 4.69. The average Bonchev–Trinajstić information content (AvgIpc) is 2.63. The fourth-order valence-corrected chi connectivity index (χ4v) is 3.29. The van der Waals surface area contributed by atoms with Crippen LogP contribution in [0.3, 0.4) is 0 Å². The van der Waals surface area contributed by atoms with Crippen LogP contribution in [-0.4, -0.2) is 29.3 Å². The number of aliphatic imine (C=N–C) groups is 1. The van der Waals surface area contributed by atoms with Crippen molar-refractivity contribution in [3.05, 3.63) is 56.5 Å². The lowest BCUT2D eigenvalue weighted by Gasteiger charge is -2.28. The fourth-order valence-electron chi connectivity index (χ4n) is 2.91. The van der Waals surface area contributed by atoms with Crippen LogP contribution in [0.1, 0.15) is 24.8 Å². The molecule has 0 radical (unpaired) electrons. The van der Waals surface area contributed by atoms with E-state index in [0.29, 0.717) is 16.9 Å². The summed E-state index contributed by atoms with van der Waals surface area (Å²) < 4.78 is 0.818. The Morgan fingerprint density at radius 2 is 1.92 bits per heavy atom. The Hall–Kier alpha value is -2.41. The second kappa shape index (κ2) is 7.65. The van der Waals surface area contributed by atoms with E-state index in [1.54, 1.807) is 30.3 Å². The Morgan fingerprint density at radius 3 is 2.64 bits per heavy atom. The van der Waals surface area contributed by atoms with Crippen molar-refractivity contribution in [2.45, 2.75) is 19.3 Å². The molecule has 1 fully saturated rings. The molecule has 1 aliphatic rings. The molecule has 1 N–H and O–H groups in total. The highest BCUT2D eigenvalue weighted by Crippen LogP contribution is 2.34. The number of benzene rings is 2. The maximum Gasteiger partial charge on any atom is 0.294 e. The van der Waals surface area contributed by atoms with Crippen LogP contribution in [0.5, 0.6) is 5.75 Å². The number of aromatic hydroxyl groups is 1. The van der Waals surface area contributed by atoms with Crippen LogP contribution in [0, 0.1) is 10.1 Å². The van der Waals surface area contributed by atoms with Crippen molar-refractivity contribution in [3.8, 4) is 5.75 Å². The molecule has 130 valence electrons. The molecule has 0 atom stereocenters. The molecule has 7 heteroatoms. The maximum absolute atomic E-state index is 11.5. The summed E-state index contributed by atoms with van der Waals surface area (Å²) in [6.07, 6.45) is 4.78. The number of nitro groups is 1. The fraction of sp³-hybridized carbons (Fsp3) is 0.278. The van der Waals surface area contributed by atoms with E-state index in [1.807, 2.05) is 0 Å². The molecule has 0 bridgehead atoms. The van der Waals surface area contributed by atoms with Gasteiger partial charge in [0.25, 0.3) is 5.69 Å². The quantitative estimate of drug-likeness (QED) is 0.451. The number of hydrogen-bond donors (Lipinski definition) is 1. The largest absolute Gasteiger partial charge is 0.507 e. The van der Waals surface area contributed by atoms with Crippen molar-refractivity contribution in [3.63, 3.8) is 0 Å². The number of halogens is 1. The molecule has 2 aromatic carbocycles. The van der Waals surface area contributed by atoms with Gasteiger partial charge in [-0.15, -0.1) is 0 Å². The number of nitrogens with zero attached hydrogens (tertiary/aromatic N) is 3. The number of anilines is 1. The standard InChI is InChI=1S/C18H18BrN3O3/c19-14-4-7-18(23)13(10-14)12-20-15-5-6-16(17(11-15)22(24)25)21-8-2-1-3-9-21/h4-7,10-12,23H,1-3,8-9H2. The third kappa shape index (κ3) is 4.17. The van der Waals surface area contributed by atoms with Crippen LogP contribution in [0.4, 0.5) is 17.1 Å². The van der Waals surface area contributed by atoms with E-state index in [-0.39, 0.29) is 16.4 Å². The Morgan fingerprint density at radius 1 is 1.16 bits per heavy atom. The van der Waals surface area contributed by atoms with Gasteiger partial charge in [0.15, 0.2) is 0 Å². The Bertz CT molecular complexity index is 817. The number of hydrogen-bond acceptors (Lipinski definition) is 5. The highest BCUT2D eigenvalue weighted by Gasteiger charge is 2.21. The lowest BCUT2D eigenvalue weighted by molar-refractivity contribution is -0.384. The average molecular weight is 404 g/mol. The third-order valence-electron chi connectivity index (χ3n) is 4.19. The van der Waals surface area contributed by atoms with Gasteiger partial charge in [-0.1, -0.05) is 15.9 Å². The van der Waals surface area contributed by atoms with E-state index in [9.17, 15) is 15.2 Å². The highest BCUT2D eigenvalue weighted by atomic mass is 79.9. The van der Waals surface area contributed by atoms with E-state index >= 15 is 0 Å². The first kappa shape index (κ1) is 17.4. The summed E-state index contributed by atoms with van der Waals surface area (Å²) in [5.41, 5.74) is 1.73. The van der Waals surface area contributed by atoms with Gasteiger partial charge < -0.3 is 10.0 Å². The number of piperidine rings is 1. The van der Waals surface area contributed by atoms with Gasteiger partial charge >= 0.3 is 0 Å². The van der Waals surface area contributed by atoms with Gasteiger partial charge in [-0.3, -0.25) is 15.1 Å². The zero-order valence-corrected chi connectivity index (χ0v) is 15.1. The van der Waals surface area contributed by atoms with Crippen LogP contribution >= 0.6 is 15.9 Å². The van der Waals surface area contributed by atoms with Gasteiger partial charge in [-0.25, -0.2) is 0 Å². The molecular formula is C18H18BrN3O3. The summed E-state index contributed by atoms with van der Waals surface area (Å²) in [7, 11) is 0. The first-order chi connectivity index (χ1) is 12.0. The van der Waals surface area contributed by atoms with Crippen LogP contribution < -0.4 is 4.90 Å². The van der Waals surface area contributed by atoms with Crippen molar-refractivity contribution in [2.24, 2.45) is 4.99 Å². The number of nitro benzene ring substituents is 1. The van der Waals surface area contributed by atoms with E-state index in [4.69, 9.17) is 0 Å². The highest BCUT2D eigenvalue weighted by molar-refractivity contribution is 9.10. The predicted molar refractivity (Wildman–Crippen MR) is 102 cm³/mol. The van der Waals surface area contributed by atoms with Crippen molar-refractivity contribution in [1.29, 1.82) is 0 Å². The molecule has 25 heavy (non-hydrogen) atoms. The summed E-state index contributed by atoms with van der Waals surface area (Å²) in [6, 6.07) is 10.0. The molecule has 1 heterocycles. The van der Waals surface area contributed by atoms with Crippen LogP contribution in [-0.2, 0) is 0 Å². The number of rotatable bonds is 4. The molecule has 0 spiro atoms. The van der Waals surface area contributed by atoms with Gasteiger partial charge in [0.05, 0.1) is 10.6 Å². The molecule has 0 amide bonds. The first-order valence-electron chi connectivity index (χ1n) is 8.10. The van der Waals surface area contributed by atoms with Gasteiger partial charge in [-0.05, 0) is 49.6 Å². The minimum atomic E-state index is -0.362. The molecule has 2 aromatic rings. The second-order valence-corrected chi connectivity index (χ2v) is 6.85. The molecule has 3 rings (SSSR count). The van der Waals surface area contributed by atoms with Crippen molar-refractivity contribution in [2.75, 3.05) is 18.0 Å². The van der Waals surface area contributed by atoms with Crippen LogP contribution in [0.25, 0.3) is 0 Å². The first-order valence-corrected chi connectivity index (χ1v) is 8.90. The zero-order chi connectivity index (χ0) is 17.8. The molecule has 0 aromatic heterocycles. The number of phenolic OH excluding ortho intramolecular Hbond substituents is 1. The minimum absolute atomic E-state index is 0.0648. The molecule has 1 saturated heterocycles. The van der Waals surface area contributed by atoms with Crippen molar-refractivity contribution < 1.29 is 10.0 Å². The SMILES string of the molecule is O=[N+]([O-])c1cc(N=Cc2cc(Br)ccc2O)ccc1N1CCCCC1. The lowest BCUT2D eigenvalue weighted by atomic mass is 10.1. The normalized spacial score (nSPS) is 14.8. The summed E-state index contributed by atoms with van der Waals surface area (Å²) in [4.78, 5) is 17.5. The zero-order valence-electron chi connectivity index (χ0n) is 13.6. The van der Waals surface area contributed by atoms with Crippen LogP contribution in [0.15, 0.2) is 45.9 Å². The summed E-state index contributed by atoms with van der Waals surface area (Å²) in [6.45, 7) is 1.69. The van der Waals surface area contributed by atoms with Gasteiger partial charge in [0.2, 0.25) is 0 Å². The van der Waals surface area contributed by atoms with Crippen molar-refractivity contribution >= 4 is 39.2 Å². The number of phenols is 1. The molecule has 6 nitrogen and oxygen atoms in total. The minimum Gasteiger partial charge on any atom is -0.507 e. The smallest absolute Gasteiger partial charge is 0.294 e. The van der Waals surface area contributed by atoms with E-state index in [0.717, 1.165) is 30.4 Å². The van der Waals surface area contributed by atoms with Gasteiger partial charge in [0, 0.05) is 35.4 Å². The molecule has 0 unspecified atom stereocenters. The lowest BCUT2D eigenvalue weighted by Crippen LogP contribution is -2.29. The van der Waals surface area contributed by atoms with E-state index in [1.165, 1.54) is 18.7 Å². The monoisotopic (exact) mass is 403 g/mol. The van der Waals surface area contributed by atoms with E-state index in [2.05, 4.69) is 25.8 Å².